The summed E-state index contributed by atoms with van der Waals surface area (Å²) in [6.45, 7) is 2.24. The molecule has 0 unspecified atom stereocenters. The van der Waals surface area contributed by atoms with Gasteiger partial charge in [-0.1, -0.05) is 12.1 Å². The lowest BCUT2D eigenvalue weighted by Gasteiger charge is -2.27. The van der Waals surface area contributed by atoms with Gasteiger partial charge in [-0.3, -0.25) is 9.69 Å². The Labute approximate surface area is 133 Å². The van der Waals surface area contributed by atoms with Crippen LogP contribution in [0.25, 0.3) is 0 Å². The van der Waals surface area contributed by atoms with Gasteiger partial charge in [0.15, 0.2) is 11.6 Å². The molecule has 7 nitrogen and oxygen atoms in total. The van der Waals surface area contributed by atoms with Crippen LogP contribution in [-0.4, -0.2) is 46.3 Å². The van der Waals surface area contributed by atoms with Crippen LogP contribution in [0, 0.1) is 5.82 Å². The summed E-state index contributed by atoms with van der Waals surface area (Å²) >= 11 is 0. The smallest absolute Gasteiger partial charge is 0.288 e. The highest BCUT2D eigenvalue weighted by Crippen LogP contribution is 2.23. The highest BCUT2D eigenvalue weighted by molar-refractivity contribution is 5.90. The molecule has 1 aliphatic heterocycles. The largest absolute Gasteiger partial charge is 0.494 e. The van der Waals surface area contributed by atoms with E-state index in [0.29, 0.717) is 43.4 Å². The van der Waals surface area contributed by atoms with Crippen LogP contribution in [0.3, 0.4) is 0 Å². The molecule has 122 valence electrons. The minimum absolute atomic E-state index is 0.240. The van der Waals surface area contributed by atoms with Crippen molar-refractivity contribution in [2.24, 2.45) is 0 Å². The van der Waals surface area contributed by atoms with Crippen molar-refractivity contribution in [2.75, 3.05) is 20.7 Å². The zero-order valence-electron chi connectivity index (χ0n) is 13.0. The molecule has 0 fully saturated rings. The van der Waals surface area contributed by atoms with Gasteiger partial charge < -0.3 is 14.6 Å². The van der Waals surface area contributed by atoms with Crippen LogP contribution in [-0.2, 0) is 19.6 Å². The first-order valence-electron chi connectivity index (χ1n) is 7.32. The van der Waals surface area contributed by atoms with Gasteiger partial charge in [0.25, 0.3) is 5.91 Å². The molecule has 0 saturated heterocycles. The fourth-order valence-electron chi connectivity index (χ4n) is 2.70. The zero-order chi connectivity index (χ0) is 16.4. The SMILES string of the molecule is CNC(=O)c1nnc2n1CCN(Cc1cccc(OC)c1F)C2. The quantitative estimate of drug-likeness (QED) is 0.902. The standard InChI is InChI=1S/C15H18FN5O2/c1-17-15(22)14-19-18-12-9-20(6-7-21(12)14)8-10-4-3-5-11(23-2)13(10)16/h3-5H,6-9H2,1-2H3,(H,17,22). The van der Waals surface area contributed by atoms with E-state index in [2.05, 4.69) is 20.4 Å². The van der Waals surface area contributed by atoms with E-state index in [1.807, 2.05) is 0 Å². The van der Waals surface area contributed by atoms with Crippen LogP contribution in [0.1, 0.15) is 22.0 Å². The first-order valence-corrected chi connectivity index (χ1v) is 7.32. The van der Waals surface area contributed by atoms with Gasteiger partial charge >= 0.3 is 0 Å². The predicted octanol–water partition coefficient (Wildman–Crippen LogP) is 0.801. The molecule has 0 saturated carbocycles. The summed E-state index contributed by atoms with van der Waals surface area (Å²) in [4.78, 5) is 13.8. The number of halogens is 1. The van der Waals surface area contributed by atoms with Crippen LogP contribution in [0.15, 0.2) is 18.2 Å². The number of hydrogen-bond acceptors (Lipinski definition) is 5. The minimum atomic E-state index is -0.340. The van der Waals surface area contributed by atoms with Gasteiger partial charge in [-0.25, -0.2) is 4.39 Å². The number of fused-ring (bicyclic) bond motifs is 1. The molecule has 8 heteroatoms. The predicted molar refractivity (Wildman–Crippen MR) is 80.5 cm³/mol. The highest BCUT2D eigenvalue weighted by atomic mass is 19.1. The van der Waals surface area contributed by atoms with Gasteiger partial charge in [-0.2, -0.15) is 0 Å². The van der Waals surface area contributed by atoms with E-state index in [1.165, 1.54) is 7.11 Å². The van der Waals surface area contributed by atoms with Crippen molar-refractivity contribution in [1.29, 1.82) is 0 Å². The molecular weight excluding hydrogens is 301 g/mol. The molecule has 0 atom stereocenters. The molecule has 1 N–H and O–H groups in total. The number of nitrogens with one attached hydrogen (secondary N) is 1. The third-order valence-electron chi connectivity index (χ3n) is 3.92. The Morgan fingerprint density at radius 2 is 2.22 bits per heavy atom. The molecule has 0 radical (unpaired) electrons. The summed E-state index contributed by atoms with van der Waals surface area (Å²) < 4.78 is 21.1. The number of amides is 1. The van der Waals surface area contributed by atoms with Crippen molar-refractivity contribution < 1.29 is 13.9 Å². The van der Waals surface area contributed by atoms with Crippen molar-refractivity contribution in [3.63, 3.8) is 0 Å². The van der Waals surface area contributed by atoms with E-state index in [-0.39, 0.29) is 17.5 Å². The summed E-state index contributed by atoms with van der Waals surface area (Å²) in [5.74, 6) is 0.668. The zero-order valence-corrected chi connectivity index (χ0v) is 13.0. The van der Waals surface area contributed by atoms with Gasteiger partial charge in [-0.15, -0.1) is 10.2 Å². The molecule has 1 aromatic carbocycles. The number of hydrogen-bond donors (Lipinski definition) is 1. The first-order chi connectivity index (χ1) is 11.1. The Morgan fingerprint density at radius 3 is 2.96 bits per heavy atom. The van der Waals surface area contributed by atoms with Gasteiger partial charge in [0.2, 0.25) is 5.82 Å². The number of carbonyl (C=O) groups is 1. The van der Waals surface area contributed by atoms with Gasteiger partial charge in [0, 0.05) is 32.2 Å². The maximum Gasteiger partial charge on any atom is 0.288 e. The molecule has 1 aliphatic rings. The van der Waals surface area contributed by atoms with Crippen LogP contribution in [0.5, 0.6) is 5.75 Å². The Morgan fingerprint density at radius 1 is 1.39 bits per heavy atom. The van der Waals surface area contributed by atoms with Gasteiger partial charge in [0.05, 0.1) is 13.7 Å². The van der Waals surface area contributed by atoms with Gasteiger partial charge in [0.1, 0.15) is 5.82 Å². The molecule has 1 amide bonds. The topological polar surface area (TPSA) is 72.3 Å². The van der Waals surface area contributed by atoms with E-state index >= 15 is 0 Å². The molecule has 0 spiro atoms. The Hall–Kier alpha value is -2.48. The average molecular weight is 319 g/mol. The fourth-order valence-corrected chi connectivity index (χ4v) is 2.70. The summed E-state index contributed by atoms with van der Waals surface area (Å²) in [5, 5.41) is 10.6. The maximum absolute atomic E-state index is 14.2. The average Bonchev–Trinajstić information content (AvgIpc) is 2.99. The fraction of sp³-hybridized carbons (Fsp3) is 0.400. The summed E-state index contributed by atoms with van der Waals surface area (Å²) in [7, 11) is 3.01. The number of rotatable bonds is 4. The monoisotopic (exact) mass is 319 g/mol. The summed E-state index contributed by atoms with van der Waals surface area (Å²) in [6, 6.07) is 5.11. The summed E-state index contributed by atoms with van der Waals surface area (Å²) in [6.07, 6.45) is 0. The molecule has 3 rings (SSSR count). The highest BCUT2D eigenvalue weighted by Gasteiger charge is 2.24. The van der Waals surface area contributed by atoms with Crippen molar-refractivity contribution in [1.82, 2.24) is 25.0 Å². The molecular formula is C15H18FN5O2. The van der Waals surface area contributed by atoms with Crippen LogP contribution in [0.2, 0.25) is 0 Å². The van der Waals surface area contributed by atoms with Crippen molar-refractivity contribution >= 4 is 5.91 Å². The molecule has 1 aromatic heterocycles. The second kappa shape index (κ2) is 6.33. The Balaban J connectivity index is 1.76. The number of nitrogens with zero attached hydrogens (tertiary/aromatic N) is 4. The lowest BCUT2D eigenvalue weighted by atomic mass is 10.1. The van der Waals surface area contributed by atoms with Crippen LogP contribution < -0.4 is 10.1 Å². The molecule has 2 aromatic rings. The molecule has 23 heavy (non-hydrogen) atoms. The minimum Gasteiger partial charge on any atom is -0.494 e. The first kappa shape index (κ1) is 15.4. The van der Waals surface area contributed by atoms with E-state index in [9.17, 15) is 9.18 Å². The Kier molecular flexibility index (Phi) is 4.24. The van der Waals surface area contributed by atoms with Crippen LogP contribution >= 0.6 is 0 Å². The normalized spacial score (nSPS) is 14.4. The van der Waals surface area contributed by atoms with E-state index in [1.54, 1.807) is 29.8 Å². The van der Waals surface area contributed by atoms with E-state index in [0.717, 1.165) is 0 Å². The number of aromatic nitrogens is 3. The third-order valence-corrected chi connectivity index (χ3v) is 3.92. The molecule has 2 heterocycles. The number of carbonyl (C=O) groups excluding carboxylic acids is 1. The van der Waals surface area contributed by atoms with E-state index in [4.69, 9.17) is 4.74 Å². The number of ether oxygens (including phenoxy) is 1. The number of benzene rings is 1. The number of methoxy groups -OCH3 is 1. The third kappa shape index (κ3) is 2.89. The second-order valence-electron chi connectivity index (χ2n) is 5.31. The summed E-state index contributed by atoms with van der Waals surface area (Å²) in [5.41, 5.74) is 0.573. The lowest BCUT2D eigenvalue weighted by Crippen LogP contribution is -2.35. The van der Waals surface area contributed by atoms with Crippen molar-refractivity contribution in [2.45, 2.75) is 19.6 Å². The molecule has 0 bridgehead atoms. The van der Waals surface area contributed by atoms with E-state index < -0.39 is 0 Å². The second-order valence-corrected chi connectivity index (χ2v) is 5.31. The lowest BCUT2D eigenvalue weighted by molar-refractivity contribution is 0.0943. The Bertz CT molecular complexity index is 731. The van der Waals surface area contributed by atoms with Crippen molar-refractivity contribution in [3.05, 3.63) is 41.2 Å². The van der Waals surface area contributed by atoms with Gasteiger partial charge in [-0.05, 0) is 6.07 Å². The van der Waals surface area contributed by atoms with Crippen molar-refractivity contribution in [3.8, 4) is 5.75 Å². The van der Waals surface area contributed by atoms with Crippen LogP contribution in [0.4, 0.5) is 4.39 Å². The maximum atomic E-state index is 14.2. The molecule has 0 aliphatic carbocycles.